The van der Waals surface area contributed by atoms with E-state index in [9.17, 15) is 8.42 Å². The summed E-state index contributed by atoms with van der Waals surface area (Å²) in [4.78, 5) is 0.355. The fraction of sp³-hybridized carbons (Fsp3) is 0.444. The number of aryl methyl sites for hydroxylation is 1. The number of nitrogens with zero attached hydrogens (tertiary/aromatic N) is 1. The molecular weight excluding hydrogens is 294 g/mol. The molecular formula is C18H25NO2S. The summed E-state index contributed by atoms with van der Waals surface area (Å²) in [6.07, 6.45) is 7.66. The van der Waals surface area contributed by atoms with Crippen molar-refractivity contribution < 1.29 is 8.42 Å². The molecule has 2 atom stereocenters. The zero-order chi connectivity index (χ0) is 16.2. The highest BCUT2D eigenvalue weighted by atomic mass is 32.2. The van der Waals surface area contributed by atoms with Gasteiger partial charge in [-0.1, -0.05) is 42.7 Å². The molecule has 0 amide bonds. The van der Waals surface area contributed by atoms with Gasteiger partial charge in [-0.25, -0.2) is 8.42 Å². The summed E-state index contributed by atoms with van der Waals surface area (Å²) in [5.74, 6) is 0.217. The molecule has 0 unspecified atom stereocenters. The van der Waals surface area contributed by atoms with Crippen molar-refractivity contribution in [2.24, 2.45) is 5.92 Å². The maximum atomic E-state index is 13.0. The van der Waals surface area contributed by atoms with Crippen LogP contribution >= 0.6 is 0 Å². The lowest BCUT2D eigenvalue weighted by Gasteiger charge is -2.37. The van der Waals surface area contributed by atoms with Crippen molar-refractivity contribution in [2.75, 3.05) is 6.54 Å². The Balaban J connectivity index is 2.38. The van der Waals surface area contributed by atoms with Crippen LogP contribution in [0, 0.1) is 12.8 Å². The lowest BCUT2D eigenvalue weighted by molar-refractivity contribution is 0.220. The standard InChI is InChI=1S/C18H25NO2S/c1-4-14-19(18-9-7-6-8-16(18)5-2)22(20,21)17-12-10-15(3)11-13-17/h4-5,10-13,16,18H,1-2,6-9,14H2,3H3/t16-,18-/m0/s1. The molecule has 0 aromatic heterocycles. The molecule has 22 heavy (non-hydrogen) atoms. The zero-order valence-electron chi connectivity index (χ0n) is 13.2. The van der Waals surface area contributed by atoms with Crippen LogP contribution in [0.5, 0.6) is 0 Å². The molecule has 0 saturated heterocycles. The average Bonchev–Trinajstić information content (AvgIpc) is 2.53. The monoisotopic (exact) mass is 319 g/mol. The number of hydrogen-bond donors (Lipinski definition) is 0. The fourth-order valence-corrected chi connectivity index (χ4v) is 4.83. The van der Waals surface area contributed by atoms with Gasteiger partial charge in [-0.3, -0.25) is 0 Å². The van der Waals surface area contributed by atoms with E-state index >= 15 is 0 Å². The Morgan fingerprint density at radius 3 is 2.41 bits per heavy atom. The molecule has 1 aliphatic rings. The molecule has 1 aromatic carbocycles. The Kier molecular flexibility index (Phi) is 5.59. The second-order valence-electron chi connectivity index (χ2n) is 5.93. The summed E-state index contributed by atoms with van der Waals surface area (Å²) in [5, 5.41) is 0. The van der Waals surface area contributed by atoms with E-state index in [-0.39, 0.29) is 12.0 Å². The topological polar surface area (TPSA) is 37.4 Å². The third-order valence-electron chi connectivity index (χ3n) is 4.39. The van der Waals surface area contributed by atoms with Crippen LogP contribution in [0.2, 0.25) is 0 Å². The predicted molar refractivity (Wildman–Crippen MR) is 91.2 cm³/mol. The molecule has 0 bridgehead atoms. The highest BCUT2D eigenvalue weighted by Crippen LogP contribution is 2.32. The molecule has 0 radical (unpaired) electrons. The van der Waals surface area contributed by atoms with E-state index in [2.05, 4.69) is 13.2 Å². The lowest BCUT2D eigenvalue weighted by atomic mass is 9.84. The van der Waals surface area contributed by atoms with Crippen LogP contribution in [0.15, 0.2) is 54.5 Å². The molecule has 1 fully saturated rings. The van der Waals surface area contributed by atoms with Gasteiger partial charge in [-0.05, 0) is 37.8 Å². The first-order valence-corrected chi connectivity index (χ1v) is 9.26. The smallest absolute Gasteiger partial charge is 0.207 e. The minimum atomic E-state index is -3.51. The van der Waals surface area contributed by atoms with E-state index in [1.165, 1.54) is 0 Å². The molecule has 1 saturated carbocycles. The van der Waals surface area contributed by atoms with E-state index in [0.717, 1.165) is 31.2 Å². The summed E-state index contributed by atoms with van der Waals surface area (Å²) in [7, 11) is -3.51. The van der Waals surface area contributed by atoms with Gasteiger partial charge < -0.3 is 0 Å². The predicted octanol–water partition coefficient (Wildman–Crippen LogP) is 3.92. The number of rotatable bonds is 6. The Labute approximate surface area is 134 Å². The SMILES string of the molecule is C=CCN([C@H]1CCCC[C@@H]1C=C)S(=O)(=O)c1ccc(C)cc1. The second kappa shape index (κ2) is 7.25. The Hall–Kier alpha value is -1.39. The Morgan fingerprint density at radius 1 is 1.18 bits per heavy atom. The van der Waals surface area contributed by atoms with Crippen LogP contribution < -0.4 is 0 Å². The minimum Gasteiger partial charge on any atom is -0.207 e. The van der Waals surface area contributed by atoms with Gasteiger partial charge in [0.25, 0.3) is 0 Å². The van der Waals surface area contributed by atoms with Crippen molar-refractivity contribution >= 4 is 10.0 Å². The summed E-state index contributed by atoms with van der Waals surface area (Å²) in [6, 6.07) is 7.03. The van der Waals surface area contributed by atoms with Crippen LogP contribution in [0.3, 0.4) is 0 Å². The van der Waals surface area contributed by atoms with E-state index < -0.39 is 10.0 Å². The van der Waals surface area contributed by atoms with Crippen LogP contribution in [0.1, 0.15) is 31.2 Å². The second-order valence-corrected chi connectivity index (χ2v) is 7.82. The number of hydrogen-bond acceptors (Lipinski definition) is 2. The van der Waals surface area contributed by atoms with Crippen molar-refractivity contribution in [2.45, 2.75) is 43.5 Å². The maximum Gasteiger partial charge on any atom is 0.243 e. The van der Waals surface area contributed by atoms with Crippen LogP contribution in [-0.2, 0) is 10.0 Å². The van der Waals surface area contributed by atoms with Gasteiger partial charge in [0.05, 0.1) is 4.90 Å². The Morgan fingerprint density at radius 2 is 1.82 bits per heavy atom. The molecule has 0 aliphatic heterocycles. The van der Waals surface area contributed by atoms with Gasteiger partial charge in [0.2, 0.25) is 10.0 Å². The van der Waals surface area contributed by atoms with Crippen molar-refractivity contribution in [3.63, 3.8) is 0 Å². The van der Waals surface area contributed by atoms with E-state index in [1.54, 1.807) is 22.5 Å². The van der Waals surface area contributed by atoms with Crippen LogP contribution in [-0.4, -0.2) is 25.3 Å². The van der Waals surface area contributed by atoms with Crippen molar-refractivity contribution in [1.29, 1.82) is 0 Å². The molecule has 120 valence electrons. The van der Waals surface area contributed by atoms with Crippen molar-refractivity contribution in [3.05, 3.63) is 55.1 Å². The molecule has 0 spiro atoms. The highest BCUT2D eigenvalue weighted by molar-refractivity contribution is 7.89. The fourth-order valence-electron chi connectivity index (χ4n) is 3.16. The third-order valence-corrected chi connectivity index (χ3v) is 6.30. The first kappa shape index (κ1) is 17.0. The molecule has 0 N–H and O–H groups in total. The van der Waals surface area contributed by atoms with Gasteiger partial charge in [-0.15, -0.1) is 13.2 Å². The molecule has 4 heteroatoms. The van der Waals surface area contributed by atoms with Crippen molar-refractivity contribution in [1.82, 2.24) is 4.31 Å². The molecule has 1 aliphatic carbocycles. The maximum absolute atomic E-state index is 13.0. The largest absolute Gasteiger partial charge is 0.243 e. The van der Waals surface area contributed by atoms with Crippen LogP contribution in [0.4, 0.5) is 0 Å². The normalized spacial score (nSPS) is 22.5. The van der Waals surface area contributed by atoms with Crippen molar-refractivity contribution in [3.8, 4) is 0 Å². The summed E-state index contributed by atoms with van der Waals surface area (Å²) in [6.45, 7) is 9.92. The molecule has 2 rings (SSSR count). The van der Waals surface area contributed by atoms with E-state index in [1.807, 2.05) is 25.1 Å². The Bertz CT molecular complexity index is 619. The molecule has 1 aromatic rings. The summed E-state index contributed by atoms with van der Waals surface area (Å²) < 4.78 is 27.7. The van der Waals surface area contributed by atoms with E-state index in [4.69, 9.17) is 0 Å². The number of benzene rings is 1. The third kappa shape index (κ3) is 3.50. The average molecular weight is 319 g/mol. The first-order chi connectivity index (χ1) is 10.5. The first-order valence-electron chi connectivity index (χ1n) is 7.82. The minimum absolute atomic E-state index is 0.0180. The molecule has 0 heterocycles. The number of sulfonamides is 1. The van der Waals surface area contributed by atoms with Gasteiger partial charge in [0.1, 0.15) is 0 Å². The lowest BCUT2D eigenvalue weighted by Crippen LogP contribution is -2.45. The summed E-state index contributed by atoms with van der Waals surface area (Å²) in [5.41, 5.74) is 1.05. The van der Waals surface area contributed by atoms with Gasteiger partial charge in [0.15, 0.2) is 0 Å². The van der Waals surface area contributed by atoms with Gasteiger partial charge >= 0.3 is 0 Å². The highest BCUT2D eigenvalue weighted by Gasteiger charge is 2.35. The van der Waals surface area contributed by atoms with Crippen LogP contribution in [0.25, 0.3) is 0 Å². The quantitative estimate of drug-likeness (QED) is 0.745. The van der Waals surface area contributed by atoms with Gasteiger partial charge in [0, 0.05) is 12.6 Å². The summed E-state index contributed by atoms with van der Waals surface area (Å²) >= 11 is 0. The molecule has 3 nitrogen and oxygen atoms in total. The van der Waals surface area contributed by atoms with Gasteiger partial charge in [-0.2, -0.15) is 4.31 Å². The zero-order valence-corrected chi connectivity index (χ0v) is 14.1. The van der Waals surface area contributed by atoms with E-state index in [0.29, 0.717) is 11.4 Å².